The number of carbonyl (C=O) groups is 2. The molecule has 10 nitrogen and oxygen atoms in total. The molecule has 3 fully saturated rings. The number of allylic oxidation sites excluding steroid dienone is 4. The van der Waals surface area contributed by atoms with E-state index in [1.807, 2.05) is 54.5 Å². The number of aromatic nitrogens is 4. The smallest absolute Gasteiger partial charge is 0.257 e. The van der Waals surface area contributed by atoms with Gasteiger partial charge in [0, 0.05) is 55.0 Å². The van der Waals surface area contributed by atoms with Gasteiger partial charge in [0.05, 0.1) is 29.9 Å². The maximum Gasteiger partial charge on any atom is 0.257 e. The monoisotopic (exact) mass is 613 g/mol. The van der Waals surface area contributed by atoms with E-state index in [2.05, 4.69) is 26.3 Å². The standard InChI is InChI=1S/C36H35N7O3/c1-41-32-27(14-24(16-30(32)46-2)36(45)43-18-23-7-10-28(43)31(23)37)40-34(41)29-15-22-6-9-26(39-33(22)42(29)17-19-3-4-19)21-5-8-25-20(13-21)11-12-38-35(25)44/h5-6,8-9,11-16,19,23,25,28,31H,3-4,7,10,17-18,37H2,1-2H3/t23?,25?,28?,31-/m1/s1. The van der Waals surface area contributed by atoms with Crippen molar-refractivity contribution < 1.29 is 14.3 Å². The fourth-order valence-corrected chi connectivity index (χ4v) is 7.92. The van der Waals surface area contributed by atoms with Gasteiger partial charge in [-0.25, -0.2) is 15.0 Å². The summed E-state index contributed by atoms with van der Waals surface area (Å²) in [5.41, 5.74) is 13.2. The lowest BCUT2D eigenvalue weighted by molar-refractivity contribution is -0.119. The number of carbonyl (C=O) groups excluding carboxylic acids is 2. The zero-order valence-electron chi connectivity index (χ0n) is 25.9. The van der Waals surface area contributed by atoms with Crippen molar-refractivity contribution in [3.63, 3.8) is 0 Å². The zero-order valence-corrected chi connectivity index (χ0v) is 25.9. The van der Waals surface area contributed by atoms with Crippen LogP contribution in [0.25, 0.3) is 39.2 Å². The Labute approximate surface area is 265 Å². The van der Waals surface area contributed by atoms with Crippen molar-refractivity contribution in [2.45, 2.75) is 44.3 Å². The minimum absolute atomic E-state index is 0.00680. The summed E-state index contributed by atoms with van der Waals surface area (Å²) in [6.45, 7) is 1.57. The second kappa shape index (κ2) is 10.1. The summed E-state index contributed by atoms with van der Waals surface area (Å²) in [4.78, 5) is 42.2. The predicted octanol–water partition coefficient (Wildman–Crippen LogP) is 4.68. The van der Waals surface area contributed by atoms with Gasteiger partial charge in [-0.1, -0.05) is 12.2 Å². The fourth-order valence-electron chi connectivity index (χ4n) is 7.92. The molecule has 0 radical (unpaired) electrons. The molecule has 9 rings (SSSR count). The van der Waals surface area contributed by atoms with Crippen LogP contribution in [0.4, 0.5) is 0 Å². The summed E-state index contributed by atoms with van der Waals surface area (Å²) in [6, 6.07) is 10.2. The second-order valence-electron chi connectivity index (χ2n) is 13.4. The lowest BCUT2D eigenvalue weighted by atomic mass is 9.88. The van der Waals surface area contributed by atoms with Crippen molar-refractivity contribution in [3.8, 4) is 17.3 Å². The number of pyridine rings is 1. The molecule has 1 aromatic carbocycles. The molecule has 3 aliphatic carbocycles. The van der Waals surface area contributed by atoms with Crippen molar-refractivity contribution in [2.75, 3.05) is 13.7 Å². The number of methoxy groups -OCH3 is 1. The predicted molar refractivity (Wildman–Crippen MR) is 176 cm³/mol. The molecule has 2 bridgehead atoms. The number of amides is 2. The van der Waals surface area contributed by atoms with Crippen LogP contribution in [0.1, 0.15) is 41.7 Å². The van der Waals surface area contributed by atoms with Gasteiger partial charge in [-0.3, -0.25) is 9.59 Å². The number of fused-ring (bicyclic) bond motifs is 5. The van der Waals surface area contributed by atoms with E-state index in [0.717, 1.165) is 69.8 Å². The van der Waals surface area contributed by atoms with E-state index in [1.54, 1.807) is 13.3 Å². The van der Waals surface area contributed by atoms with E-state index in [1.165, 1.54) is 12.8 Å². The number of ether oxygens (including phenoxy) is 1. The molecule has 3 aromatic heterocycles. The quantitative estimate of drug-likeness (QED) is 0.337. The van der Waals surface area contributed by atoms with Crippen molar-refractivity contribution in [1.29, 1.82) is 0 Å². The Morgan fingerprint density at radius 1 is 1.11 bits per heavy atom. The van der Waals surface area contributed by atoms with E-state index in [0.29, 0.717) is 29.7 Å². The molecular formula is C36H35N7O3. The summed E-state index contributed by atoms with van der Waals surface area (Å²) in [5.74, 6) is 1.93. The number of aliphatic imine (C=N–C) groups is 1. The highest BCUT2D eigenvalue weighted by Gasteiger charge is 2.47. The molecule has 10 heteroatoms. The molecule has 2 amide bonds. The molecular weight excluding hydrogens is 578 g/mol. The van der Waals surface area contributed by atoms with Gasteiger partial charge in [-0.15, -0.1) is 0 Å². The molecule has 2 saturated carbocycles. The van der Waals surface area contributed by atoms with Gasteiger partial charge in [0.25, 0.3) is 11.8 Å². The van der Waals surface area contributed by atoms with Crippen LogP contribution in [0, 0.1) is 17.8 Å². The zero-order chi connectivity index (χ0) is 31.3. The molecule has 232 valence electrons. The van der Waals surface area contributed by atoms with Crippen LogP contribution in [0.5, 0.6) is 5.75 Å². The number of hydrogen-bond donors (Lipinski definition) is 1. The molecule has 5 aliphatic rings. The highest BCUT2D eigenvalue weighted by atomic mass is 16.5. The number of dihydropyridines is 1. The molecule has 2 N–H and O–H groups in total. The van der Waals surface area contributed by atoms with Crippen LogP contribution < -0.4 is 10.5 Å². The number of benzene rings is 1. The number of nitrogens with zero attached hydrogens (tertiary/aromatic N) is 6. The lowest BCUT2D eigenvalue weighted by Gasteiger charge is -2.27. The summed E-state index contributed by atoms with van der Waals surface area (Å²) in [5, 5.41) is 1.03. The molecule has 2 aliphatic heterocycles. The van der Waals surface area contributed by atoms with Crippen molar-refractivity contribution in [1.82, 2.24) is 24.0 Å². The maximum absolute atomic E-state index is 13.7. The van der Waals surface area contributed by atoms with Gasteiger partial charge in [-0.2, -0.15) is 0 Å². The first-order valence-corrected chi connectivity index (χ1v) is 16.2. The maximum atomic E-state index is 13.7. The average Bonchev–Trinajstić information content (AvgIpc) is 3.47. The van der Waals surface area contributed by atoms with Crippen LogP contribution in [-0.2, 0) is 18.4 Å². The topological polar surface area (TPSA) is 121 Å². The van der Waals surface area contributed by atoms with E-state index in [9.17, 15) is 9.59 Å². The van der Waals surface area contributed by atoms with Gasteiger partial charge >= 0.3 is 0 Å². The van der Waals surface area contributed by atoms with Crippen LogP contribution >= 0.6 is 0 Å². The van der Waals surface area contributed by atoms with Gasteiger partial charge < -0.3 is 24.5 Å². The Kier molecular flexibility index (Phi) is 6.02. The largest absolute Gasteiger partial charge is 0.494 e. The van der Waals surface area contributed by atoms with Crippen LogP contribution in [-0.4, -0.2) is 67.8 Å². The number of hydrogen-bond acceptors (Lipinski definition) is 6. The van der Waals surface area contributed by atoms with E-state index >= 15 is 0 Å². The van der Waals surface area contributed by atoms with Crippen molar-refractivity contribution in [2.24, 2.45) is 35.5 Å². The van der Waals surface area contributed by atoms with Crippen LogP contribution in [0.2, 0.25) is 0 Å². The van der Waals surface area contributed by atoms with Gasteiger partial charge in [0.15, 0.2) is 5.82 Å². The van der Waals surface area contributed by atoms with Gasteiger partial charge in [0.2, 0.25) is 0 Å². The average molecular weight is 614 g/mol. The fraction of sp³-hybridized carbons (Fsp3) is 0.361. The highest BCUT2D eigenvalue weighted by molar-refractivity contribution is 6.01. The van der Waals surface area contributed by atoms with E-state index in [-0.39, 0.29) is 29.8 Å². The first-order valence-electron chi connectivity index (χ1n) is 16.2. The van der Waals surface area contributed by atoms with Crippen LogP contribution in [0.3, 0.4) is 0 Å². The number of imidazole rings is 1. The van der Waals surface area contributed by atoms with Gasteiger partial charge in [-0.05, 0) is 85.6 Å². The summed E-state index contributed by atoms with van der Waals surface area (Å²) >= 11 is 0. The third kappa shape index (κ3) is 4.16. The van der Waals surface area contributed by atoms with E-state index in [4.69, 9.17) is 20.4 Å². The Morgan fingerprint density at radius 2 is 1.98 bits per heavy atom. The Balaban J connectivity index is 1.13. The molecule has 4 aromatic rings. The van der Waals surface area contributed by atoms with Crippen LogP contribution in [0.15, 0.2) is 65.2 Å². The summed E-state index contributed by atoms with van der Waals surface area (Å²) in [7, 11) is 3.64. The Morgan fingerprint density at radius 3 is 2.74 bits per heavy atom. The van der Waals surface area contributed by atoms with Crippen molar-refractivity contribution >= 4 is 45.7 Å². The molecule has 4 atom stereocenters. The second-order valence-corrected chi connectivity index (χ2v) is 13.4. The number of piperidine rings is 1. The summed E-state index contributed by atoms with van der Waals surface area (Å²) < 4.78 is 10.2. The molecule has 46 heavy (non-hydrogen) atoms. The summed E-state index contributed by atoms with van der Waals surface area (Å²) in [6.07, 6.45) is 13.8. The Hall–Kier alpha value is -4.83. The molecule has 0 spiro atoms. The minimum Gasteiger partial charge on any atom is -0.494 e. The highest BCUT2D eigenvalue weighted by Crippen LogP contribution is 2.40. The Bertz CT molecular complexity index is 2110. The number of rotatable bonds is 6. The lowest BCUT2D eigenvalue weighted by Crippen LogP contribution is -2.41. The third-order valence-electron chi connectivity index (χ3n) is 10.6. The first kappa shape index (κ1) is 27.5. The minimum atomic E-state index is -0.323. The third-order valence-corrected chi connectivity index (χ3v) is 10.6. The SMILES string of the molecule is COc1cc(C(=O)N2CC3CCC2[C@@H]3N)cc2nc(-c3cc4ccc(C5=CC6=CC=NC(=O)C6C=C5)nc4n3CC3CC3)n(C)c12. The molecule has 3 unspecified atom stereocenters. The van der Waals surface area contributed by atoms with Crippen molar-refractivity contribution in [3.05, 3.63) is 71.5 Å². The first-order chi connectivity index (χ1) is 22.4. The number of likely N-dealkylation sites (tertiary alicyclic amines) is 1. The number of nitrogens with two attached hydrogens (primary N) is 1. The van der Waals surface area contributed by atoms with Gasteiger partial charge in [0.1, 0.15) is 16.9 Å². The molecule has 5 heterocycles. The number of aryl methyl sites for hydroxylation is 1. The normalized spacial score (nSPS) is 25.0. The molecule has 1 saturated heterocycles. The van der Waals surface area contributed by atoms with E-state index < -0.39 is 0 Å².